The van der Waals surface area contributed by atoms with Gasteiger partial charge < -0.3 is 9.73 Å². The lowest BCUT2D eigenvalue weighted by Crippen LogP contribution is -2.12. The summed E-state index contributed by atoms with van der Waals surface area (Å²) in [5, 5.41) is 4.57. The lowest BCUT2D eigenvalue weighted by Gasteiger charge is -2.03. The number of aryl methyl sites for hydroxylation is 1. The second-order valence-corrected chi connectivity index (χ2v) is 4.84. The maximum absolute atomic E-state index is 5.77. The van der Waals surface area contributed by atoms with E-state index in [1.807, 2.05) is 18.2 Å². The Balaban J connectivity index is 1.63. The molecule has 2 heteroatoms. The summed E-state index contributed by atoms with van der Waals surface area (Å²) in [7, 11) is 0. The lowest BCUT2D eigenvalue weighted by molar-refractivity contribution is 0.513. The standard InChI is InChI=1S/C17H17NO/c1-13-5-4-6-14(9-13)11-18-12-16-10-15-7-2-3-8-17(15)19-16/h2-10,18H,11-12H2,1H3. The van der Waals surface area contributed by atoms with E-state index in [2.05, 4.69) is 48.6 Å². The van der Waals surface area contributed by atoms with Crippen molar-refractivity contribution in [3.63, 3.8) is 0 Å². The maximum Gasteiger partial charge on any atom is 0.134 e. The van der Waals surface area contributed by atoms with Crippen LogP contribution in [-0.4, -0.2) is 0 Å². The number of benzene rings is 2. The van der Waals surface area contributed by atoms with Crippen molar-refractivity contribution >= 4 is 11.0 Å². The molecular formula is C17H17NO. The Bertz CT molecular complexity index is 651. The van der Waals surface area contributed by atoms with Crippen molar-refractivity contribution in [1.82, 2.24) is 5.32 Å². The van der Waals surface area contributed by atoms with Crippen LogP contribution >= 0.6 is 0 Å². The topological polar surface area (TPSA) is 25.2 Å². The van der Waals surface area contributed by atoms with Crippen LogP contribution in [0.15, 0.2) is 59.0 Å². The SMILES string of the molecule is Cc1cccc(CNCc2cc3ccccc3o2)c1. The van der Waals surface area contributed by atoms with E-state index >= 15 is 0 Å². The zero-order chi connectivity index (χ0) is 13.1. The van der Waals surface area contributed by atoms with Crippen LogP contribution in [0.4, 0.5) is 0 Å². The Morgan fingerprint density at radius 2 is 1.84 bits per heavy atom. The number of hydrogen-bond donors (Lipinski definition) is 1. The number of rotatable bonds is 4. The summed E-state index contributed by atoms with van der Waals surface area (Å²) in [6, 6.07) is 18.7. The average Bonchev–Trinajstić information content (AvgIpc) is 2.81. The van der Waals surface area contributed by atoms with Gasteiger partial charge in [0.1, 0.15) is 11.3 Å². The van der Waals surface area contributed by atoms with Gasteiger partial charge in [-0.1, -0.05) is 48.0 Å². The van der Waals surface area contributed by atoms with Gasteiger partial charge in [-0.25, -0.2) is 0 Å². The number of hydrogen-bond acceptors (Lipinski definition) is 2. The molecule has 1 aromatic heterocycles. The molecule has 2 nitrogen and oxygen atoms in total. The predicted octanol–water partition coefficient (Wildman–Crippen LogP) is 4.03. The number of para-hydroxylation sites is 1. The van der Waals surface area contributed by atoms with E-state index in [0.29, 0.717) is 0 Å². The molecule has 2 aromatic carbocycles. The molecular weight excluding hydrogens is 234 g/mol. The van der Waals surface area contributed by atoms with Gasteiger partial charge >= 0.3 is 0 Å². The fraction of sp³-hybridized carbons (Fsp3) is 0.176. The third-order valence-corrected chi connectivity index (χ3v) is 3.19. The third-order valence-electron chi connectivity index (χ3n) is 3.19. The van der Waals surface area contributed by atoms with E-state index in [0.717, 1.165) is 29.8 Å². The summed E-state index contributed by atoms with van der Waals surface area (Å²) in [6.07, 6.45) is 0. The Hall–Kier alpha value is -2.06. The minimum atomic E-state index is 0.753. The smallest absolute Gasteiger partial charge is 0.134 e. The van der Waals surface area contributed by atoms with Gasteiger partial charge in [-0.2, -0.15) is 0 Å². The van der Waals surface area contributed by atoms with Crippen LogP contribution in [-0.2, 0) is 13.1 Å². The van der Waals surface area contributed by atoms with Gasteiger partial charge in [0.25, 0.3) is 0 Å². The fourth-order valence-electron chi connectivity index (χ4n) is 2.28. The lowest BCUT2D eigenvalue weighted by atomic mass is 10.1. The summed E-state index contributed by atoms with van der Waals surface area (Å²) in [6.45, 7) is 3.73. The van der Waals surface area contributed by atoms with Crippen molar-refractivity contribution in [2.24, 2.45) is 0 Å². The Labute approximate surface area is 113 Å². The van der Waals surface area contributed by atoms with E-state index < -0.39 is 0 Å². The molecule has 0 atom stereocenters. The molecule has 3 rings (SSSR count). The molecule has 0 radical (unpaired) electrons. The molecule has 0 aliphatic rings. The molecule has 0 fully saturated rings. The van der Waals surface area contributed by atoms with Crippen molar-refractivity contribution in [2.45, 2.75) is 20.0 Å². The van der Waals surface area contributed by atoms with Gasteiger partial charge in [0.15, 0.2) is 0 Å². The number of nitrogens with one attached hydrogen (secondary N) is 1. The van der Waals surface area contributed by atoms with Gasteiger partial charge in [0, 0.05) is 11.9 Å². The first-order chi connectivity index (χ1) is 9.31. The van der Waals surface area contributed by atoms with Gasteiger partial charge in [-0.05, 0) is 24.6 Å². The summed E-state index contributed by atoms with van der Waals surface area (Å²) >= 11 is 0. The van der Waals surface area contributed by atoms with E-state index in [9.17, 15) is 0 Å². The zero-order valence-electron chi connectivity index (χ0n) is 11.0. The van der Waals surface area contributed by atoms with E-state index in [-0.39, 0.29) is 0 Å². The first-order valence-corrected chi connectivity index (χ1v) is 6.55. The highest BCUT2D eigenvalue weighted by atomic mass is 16.3. The molecule has 0 bridgehead atoms. The first kappa shape index (κ1) is 12.0. The molecule has 96 valence electrons. The molecule has 0 saturated heterocycles. The van der Waals surface area contributed by atoms with Gasteiger partial charge in [0.05, 0.1) is 6.54 Å². The highest BCUT2D eigenvalue weighted by Gasteiger charge is 2.02. The summed E-state index contributed by atoms with van der Waals surface area (Å²) < 4.78 is 5.77. The minimum Gasteiger partial charge on any atom is -0.460 e. The van der Waals surface area contributed by atoms with Crippen LogP contribution in [0.3, 0.4) is 0 Å². The van der Waals surface area contributed by atoms with Crippen LogP contribution < -0.4 is 5.32 Å². The van der Waals surface area contributed by atoms with Crippen LogP contribution in [0, 0.1) is 6.92 Å². The van der Waals surface area contributed by atoms with E-state index in [1.54, 1.807) is 0 Å². The molecule has 0 aliphatic carbocycles. The minimum absolute atomic E-state index is 0.753. The molecule has 1 N–H and O–H groups in total. The molecule has 3 aromatic rings. The quantitative estimate of drug-likeness (QED) is 0.757. The maximum atomic E-state index is 5.77. The summed E-state index contributed by atoms with van der Waals surface area (Å²) in [5.41, 5.74) is 3.55. The largest absolute Gasteiger partial charge is 0.460 e. The summed E-state index contributed by atoms with van der Waals surface area (Å²) in [5.74, 6) is 0.980. The summed E-state index contributed by atoms with van der Waals surface area (Å²) in [4.78, 5) is 0. The van der Waals surface area contributed by atoms with Crippen LogP contribution in [0.25, 0.3) is 11.0 Å². The number of furan rings is 1. The van der Waals surface area contributed by atoms with Gasteiger partial charge in [-0.15, -0.1) is 0 Å². The fourth-order valence-corrected chi connectivity index (χ4v) is 2.28. The predicted molar refractivity (Wildman–Crippen MR) is 77.9 cm³/mol. The highest BCUT2D eigenvalue weighted by molar-refractivity contribution is 5.77. The Morgan fingerprint density at radius 1 is 0.947 bits per heavy atom. The monoisotopic (exact) mass is 251 g/mol. The molecule has 19 heavy (non-hydrogen) atoms. The van der Waals surface area contributed by atoms with Crippen molar-refractivity contribution in [3.05, 3.63) is 71.5 Å². The van der Waals surface area contributed by atoms with Crippen molar-refractivity contribution < 1.29 is 4.42 Å². The molecule has 0 amide bonds. The highest BCUT2D eigenvalue weighted by Crippen LogP contribution is 2.18. The molecule has 0 aliphatic heterocycles. The van der Waals surface area contributed by atoms with Crippen LogP contribution in [0.1, 0.15) is 16.9 Å². The molecule has 0 unspecified atom stereocenters. The second-order valence-electron chi connectivity index (χ2n) is 4.84. The van der Waals surface area contributed by atoms with Crippen LogP contribution in [0.2, 0.25) is 0 Å². The number of fused-ring (bicyclic) bond motifs is 1. The molecule has 0 saturated carbocycles. The molecule has 0 spiro atoms. The van der Waals surface area contributed by atoms with E-state index in [1.165, 1.54) is 11.1 Å². The Kier molecular flexibility index (Phi) is 3.34. The van der Waals surface area contributed by atoms with Gasteiger partial charge in [-0.3, -0.25) is 0 Å². The van der Waals surface area contributed by atoms with Crippen molar-refractivity contribution in [3.8, 4) is 0 Å². The second kappa shape index (κ2) is 5.29. The normalized spacial score (nSPS) is 11.0. The first-order valence-electron chi connectivity index (χ1n) is 6.55. The third kappa shape index (κ3) is 2.85. The Morgan fingerprint density at radius 3 is 2.68 bits per heavy atom. The van der Waals surface area contributed by atoms with E-state index in [4.69, 9.17) is 4.42 Å². The molecule has 1 heterocycles. The average molecular weight is 251 g/mol. The van der Waals surface area contributed by atoms with Crippen molar-refractivity contribution in [2.75, 3.05) is 0 Å². The van der Waals surface area contributed by atoms with Crippen molar-refractivity contribution in [1.29, 1.82) is 0 Å². The van der Waals surface area contributed by atoms with Gasteiger partial charge in [0.2, 0.25) is 0 Å². The van der Waals surface area contributed by atoms with Crippen LogP contribution in [0.5, 0.6) is 0 Å². The zero-order valence-corrected chi connectivity index (χ0v) is 11.0.